The summed E-state index contributed by atoms with van der Waals surface area (Å²) in [5.41, 5.74) is 0. The van der Waals surface area contributed by atoms with Gasteiger partial charge in [0.2, 0.25) is 0 Å². The maximum atomic E-state index is 3.73. The second-order valence-electron chi connectivity index (χ2n) is 3.64. The number of nitrogens with one attached hydrogen (secondary N) is 1. The molecule has 0 saturated heterocycles. The largest absolute Gasteiger partial charge is 0.311 e. The van der Waals surface area contributed by atoms with E-state index in [1.165, 1.54) is 19.3 Å². The van der Waals surface area contributed by atoms with Gasteiger partial charge in [-0.1, -0.05) is 25.8 Å². The highest BCUT2D eigenvalue weighted by Gasteiger charge is 2.04. The lowest BCUT2D eigenvalue weighted by Gasteiger charge is -2.18. The molecule has 0 radical (unpaired) electrons. The Labute approximate surface area is 77.2 Å². The van der Waals surface area contributed by atoms with Crippen molar-refractivity contribution in [3.63, 3.8) is 0 Å². The van der Waals surface area contributed by atoms with E-state index < -0.39 is 0 Å². The highest BCUT2D eigenvalue weighted by atomic mass is 14.9. The van der Waals surface area contributed by atoms with E-state index in [9.17, 15) is 0 Å². The lowest BCUT2D eigenvalue weighted by molar-refractivity contribution is 0.437. The first-order valence-corrected chi connectivity index (χ1v) is 5.07. The van der Waals surface area contributed by atoms with E-state index in [-0.39, 0.29) is 0 Å². The van der Waals surface area contributed by atoms with Gasteiger partial charge in [0.15, 0.2) is 0 Å². The minimum Gasteiger partial charge on any atom is -0.311 e. The van der Waals surface area contributed by atoms with E-state index in [0.29, 0.717) is 12.1 Å². The van der Waals surface area contributed by atoms with Crippen molar-refractivity contribution < 1.29 is 0 Å². The molecular formula is C11H23N. The molecule has 12 heavy (non-hydrogen) atoms. The molecule has 0 aliphatic heterocycles. The van der Waals surface area contributed by atoms with Crippen molar-refractivity contribution in [3.8, 4) is 0 Å². The van der Waals surface area contributed by atoms with E-state index >= 15 is 0 Å². The molecule has 0 fully saturated rings. The van der Waals surface area contributed by atoms with Gasteiger partial charge in [0.05, 0.1) is 0 Å². The molecule has 2 atom stereocenters. The quantitative estimate of drug-likeness (QED) is 0.577. The van der Waals surface area contributed by atoms with Crippen LogP contribution in [0.2, 0.25) is 0 Å². The van der Waals surface area contributed by atoms with Gasteiger partial charge in [-0.15, -0.1) is 6.58 Å². The first-order chi connectivity index (χ1) is 5.70. The van der Waals surface area contributed by atoms with Gasteiger partial charge in [-0.05, 0) is 26.7 Å². The molecule has 0 aromatic rings. The molecule has 0 saturated carbocycles. The highest BCUT2D eigenvalue weighted by Crippen LogP contribution is 2.02. The molecule has 0 amide bonds. The zero-order chi connectivity index (χ0) is 9.40. The van der Waals surface area contributed by atoms with Crippen LogP contribution in [0.5, 0.6) is 0 Å². The fourth-order valence-electron chi connectivity index (χ4n) is 1.40. The van der Waals surface area contributed by atoms with Gasteiger partial charge in [-0.2, -0.15) is 0 Å². The predicted molar refractivity (Wildman–Crippen MR) is 56.4 cm³/mol. The fourth-order valence-corrected chi connectivity index (χ4v) is 1.40. The highest BCUT2D eigenvalue weighted by molar-refractivity contribution is 4.76. The maximum Gasteiger partial charge on any atom is 0.00756 e. The Morgan fingerprint density at radius 3 is 2.50 bits per heavy atom. The molecule has 1 nitrogen and oxygen atoms in total. The Morgan fingerprint density at radius 2 is 2.00 bits per heavy atom. The number of hydrogen-bond acceptors (Lipinski definition) is 1. The molecule has 0 bridgehead atoms. The van der Waals surface area contributed by atoms with E-state index in [2.05, 4.69) is 32.7 Å². The van der Waals surface area contributed by atoms with Crippen LogP contribution in [0.4, 0.5) is 0 Å². The molecule has 0 aliphatic rings. The Kier molecular flexibility index (Phi) is 7.17. The standard InChI is InChI=1S/C11H23N/c1-5-7-9-11(4)12-10(3)8-6-2/h6,10-12H,2,5,7-9H2,1,3-4H3. The van der Waals surface area contributed by atoms with Crippen molar-refractivity contribution in [1.82, 2.24) is 5.32 Å². The summed E-state index contributed by atoms with van der Waals surface area (Å²) in [6.45, 7) is 10.4. The summed E-state index contributed by atoms with van der Waals surface area (Å²) < 4.78 is 0. The third-order valence-electron chi connectivity index (χ3n) is 2.08. The number of unbranched alkanes of at least 4 members (excludes halogenated alkanes) is 1. The van der Waals surface area contributed by atoms with Gasteiger partial charge in [0.1, 0.15) is 0 Å². The summed E-state index contributed by atoms with van der Waals surface area (Å²) in [6, 6.07) is 1.23. The molecule has 72 valence electrons. The summed E-state index contributed by atoms with van der Waals surface area (Å²) in [5, 5.41) is 3.54. The third-order valence-corrected chi connectivity index (χ3v) is 2.08. The van der Waals surface area contributed by atoms with Gasteiger partial charge in [0, 0.05) is 12.1 Å². The van der Waals surface area contributed by atoms with Crippen molar-refractivity contribution in [3.05, 3.63) is 12.7 Å². The van der Waals surface area contributed by atoms with Crippen molar-refractivity contribution in [1.29, 1.82) is 0 Å². The lowest BCUT2D eigenvalue weighted by atomic mass is 10.1. The maximum absolute atomic E-state index is 3.73. The van der Waals surface area contributed by atoms with Gasteiger partial charge in [0.25, 0.3) is 0 Å². The fraction of sp³-hybridized carbons (Fsp3) is 0.818. The Morgan fingerprint density at radius 1 is 1.33 bits per heavy atom. The first kappa shape index (κ1) is 11.7. The van der Waals surface area contributed by atoms with Gasteiger partial charge in [-0.3, -0.25) is 0 Å². The van der Waals surface area contributed by atoms with Crippen LogP contribution in [-0.2, 0) is 0 Å². The molecule has 1 N–H and O–H groups in total. The number of hydrogen-bond donors (Lipinski definition) is 1. The van der Waals surface area contributed by atoms with Gasteiger partial charge < -0.3 is 5.32 Å². The van der Waals surface area contributed by atoms with Crippen LogP contribution in [-0.4, -0.2) is 12.1 Å². The molecule has 2 unspecified atom stereocenters. The van der Waals surface area contributed by atoms with E-state index in [1.807, 2.05) is 6.08 Å². The topological polar surface area (TPSA) is 12.0 Å². The second kappa shape index (κ2) is 7.35. The van der Waals surface area contributed by atoms with E-state index in [1.54, 1.807) is 0 Å². The third kappa shape index (κ3) is 6.41. The first-order valence-electron chi connectivity index (χ1n) is 5.07. The Bertz CT molecular complexity index is 110. The zero-order valence-electron chi connectivity index (χ0n) is 8.77. The normalized spacial score (nSPS) is 15.6. The van der Waals surface area contributed by atoms with Crippen LogP contribution in [0.25, 0.3) is 0 Å². The summed E-state index contributed by atoms with van der Waals surface area (Å²) in [6.07, 6.45) is 6.95. The molecule has 0 aromatic heterocycles. The Balaban J connectivity index is 3.39. The minimum atomic E-state index is 0.578. The Hall–Kier alpha value is -0.300. The molecule has 0 rings (SSSR count). The summed E-state index contributed by atoms with van der Waals surface area (Å²) in [4.78, 5) is 0. The SMILES string of the molecule is C=CCC(C)NC(C)CCCC. The molecule has 1 heteroatoms. The van der Waals surface area contributed by atoms with E-state index in [0.717, 1.165) is 6.42 Å². The second-order valence-corrected chi connectivity index (χ2v) is 3.64. The monoisotopic (exact) mass is 169 g/mol. The molecule has 0 spiro atoms. The molecule has 0 aromatic carbocycles. The van der Waals surface area contributed by atoms with Crippen LogP contribution < -0.4 is 5.32 Å². The van der Waals surface area contributed by atoms with E-state index in [4.69, 9.17) is 0 Å². The average molecular weight is 169 g/mol. The summed E-state index contributed by atoms with van der Waals surface area (Å²) in [5.74, 6) is 0. The van der Waals surface area contributed by atoms with Crippen LogP contribution in [0, 0.1) is 0 Å². The predicted octanol–water partition coefficient (Wildman–Crippen LogP) is 3.12. The smallest absolute Gasteiger partial charge is 0.00756 e. The van der Waals surface area contributed by atoms with Crippen molar-refractivity contribution >= 4 is 0 Å². The summed E-state index contributed by atoms with van der Waals surface area (Å²) in [7, 11) is 0. The van der Waals surface area contributed by atoms with Gasteiger partial charge >= 0.3 is 0 Å². The average Bonchev–Trinajstić information content (AvgIpc) is 2.01. The van der Waals surface area contributed by atoms with Crippen LogP contribution in [0.15, 0.2) is 12.7 Å². The van der Waals surface area contributed by atoms with Crippen molar-refractivity contribution in [2.45, 2.75) is 58.5 Å². The molecular weight excluding hydrogens is 146 g/mol. The molecule has 0 heterocycles. The van der Waals surface area contributed by atoms with Crippen LogP contribution in [0.3, 0.4) is 0 Å². The summed E-state index contributed by atoms with van der Waals surface area (Å²) >= 11 is 0. The molecule has 0 aliphatic carbocycles. The van der Waals surface area contributed by atoms with Crippen molar-refractivity contribution in [2.75, 3.05) is 0 Å². The minimum absolute atomic E-state index is 0.578. The van der Waals surface area contributed by atoms with Crippen LogP contribution in [0.1, 0.15) is 46.5 Å². The van der Waals surface area contributed by atoms with Crippen LogP contribution >= 0.6 is 0 Å². The zero-order valence-corrected chi connectivity index (χ0v) is 8.77. The van der Waals surface area contributed by atoms with Gasteiger partial charge in [-0.25, -0.2) is 0 Å². The lowest BCUT2D eigenvalue weighted by Crippen LogP contribution is -2.33. The van der Waals surface area contributed by atoms with Crippen molar-refractivity contribution in [2.24, 2.45) is 0 Å². The number of rotatable bonds is 7.